The highest BCUT2D eigenvalue weighted by molar-refractivity contribution is 5.96. The number of aryl methyl sites for hydroxylation is 2. The van der Waals surface area contributed by atoms with Gasteiger partial charge in [0.25, 0.3) is 0 Å². The minimum Gasteiger partial charge on any atom is -0.468 e. The first-order chi connectivity index (χ1) is 12.5. The number of allylic oxidation sites excluding steroid dienone is 1. The maximum absolute atomic E-state index is 12.3. The minimum atomic E-state index is -1.06. The van der Waals surface area contributed by atoms with Gasteiger partial charge in [0.1, 0.15) is 0 Å². The van der Waals surface area contributed by atoms with Crippen LogP contribution in [0, 0.1) is 19.8 Å². The highest BCUT2D eigenvalue weighted by Gasteiger charge is 2.36. The Morgan fingerprint density at radius 2 is 1.27 bits per heavy atom. The molecule has 0 heterocycles. The molecule has 0 bridgehead atoms. The van der Waals surface area contributed by atoms with Crippen LogP contribution in [0.25, 0.3) is 6.08 Å². The van der Waals surface area contributed by atoms with Gasteiger partial charge in [-0.3, -0.25) is 9.59 Å². The smallest absolute Gasteiger partial charge is 0.321 e. The van der Waals surface area contributed by atoms with Gasteiger partial charge in [-0.05, 0) is 25.0 Å². The molecule has 4 nitrogen and oxygen atoms in total. The van der Waals surface area contributed by atoms with Crippen molar-refractivity contribution in [2.45, 2.75) is 19.8 Å². The predicted molar refractivity (Wildman–Crippen MR) is 102 cm³/mol. The molecule has 0 spiro atoms. The number of hydrogen-bond acceptors (Lipinski definition) is 4. The van der Waals surface area contributed by atoms with Crippen LogP contribution in [0.15, 0.2) is 54.6 Å². The Morgan fingerprint density at radius 3 is 1.73 bits per heavy atom. The Balaban J connectivity index is 2.46. The summed E-state index contributed by atoms with van der Waals surface area (Å²) >= 11 is 0. The van der Waals surface area contributed by atoms with E-state index in [0.29, 0.717) is 0 Å². The van der Waals surface area contributed by atoms with Crippen LogP contribution >= 0.6 is 0 Å². The topological polar surface area (TPSA) is 52.6 Å². The van der Waals surface area contributed by atoms with E-state index < -0.39 is 23.8 Å². The van der Waals surface area contributed by atoms with Gasteiger partial charge in [-0.1, -0.05) is 71.8 Å². The lowest BCUT2D eigenvalue weighted by Crippen LogP contribution is -2.31. The maximum atomic E-state index is 12.3. The van der Waals surface area contributed by atoms with Gasteiger partial charge in [-0.2, -0.15) is 0 Å². The molecule has 0 radical (unpaired) electrons. The molecular formula is C22H24O4. The third-order valence-corrected chi connectivity index (χ3v) is 4.30. The zero-order chi connectivity index (χ0) is 19.1. The number of benzene rings is 2. The molecule has 2 aromatic carbocycles. The fourth-order valence-electron chi connectivity index (χ4n) is 2.74. The van der Waals surface area contributed by atoms with Gasteiger partial charge in [-0.15, -0.1) is 0 Å². The van der Waals surface area contributed by atoms with Crippen molar-refractivity contribution < 1.29 is 19.1 Å². The van der Waals surface area contributed by atoms with E-state index in [0.717, 1.165) is 16.7 Å². The van der Waals surface area contributed by atoms with E-state index in [-0.39, 0.29) is 0 Å². The fourth-order valence-corrected chi connectivity index (χ4v) is 2.74. The van der Waals surface area contributed by atoms with E-state index in [1.807, 2.05) is 74.5 Å². The zero-order valence-electron chi connectivity index (χ0n) is 15.6. The Morgan fingerprint density at radius 1 is 0.808 bits per heavy atom. The molecule has 2 rings (SSSR count). The largest absolute Gasteiger partial charge is 0.468 e. The molecule has 136 valence electrons. The summed E-state index contributed by atoms with van der Waals surface area (Å²) in [6.07, 6.45) is 3.76. The molecule has 4 heteroatoms. The highest BCUT2D eigenvalue weighted by atomic mass is 16.5. The van der Waals surface area contributed by atoms with Crippen LogP contribution in [0.1, 0.15) is 28.2 Å². The molecule has 0 saturated heterocycles. The second-order valence-electron chi connectivity index (χ2n) is 6.23. The lowest BCUT2D eigenvalue weighted by atomic mass is 9.84. The van der Waals surface area contributed by atoms with E-state index in [1.54, 1.807) is 0 Å². The average Bonchev–Trinajstić information content (AvgIpc) is 2.66. The van der Waals surface area contributed by atoms with Gasteiger partial charge < -0.3 is 9.47 Å². The van der Waals surface area contributed by atoms with Crippen LogP contribution in [0.4, 0.5) is 0 Å². The van der Waals surface area contributed by atoms with Crippen molar-refractivity contribution >= 4 is 18.0 Å². The first-order valence-electron chi connectivity index (χ1n) is 8.43. The molecule has 0 aliphatic heterocycles. The Kier molecular flexibility index (Phi) is 6.73. The second-order valence-corrected chi connectivity index (χ2v) is 6.23. The number of carbonyl (C=O) groups excluding carboxylic acids is 2. The molecule has 1 atom stereocenters. The van der Waals surface area contributed by atoms with Gasteiger partial charge in [0, 0.05) is 5.92 Å². The quantitative estimate of drug-likeness (QED) is 0.581. The van der Waals surface area contributed by atoms with E-state index in [1.165, 1.54) is 19.8 Å². The first-order valence-corrected chi connectivity index (χ1v) is 8.43. The van der Waals surface area contributed by atoms with Crippen molar-refractivity contribution in [3.8, 4) is 0 Å². The third kappa shape index (κ3) is 4.82. The van der Waals surface area contributed by atoms with Crippen molar-refractivity contribution in [3.63, 3.8) is 0 Å². The summed E-state index contributed by atoms with van der Waals surface area (Å²) in [5, 5.41) is 0. The molecule has 0 aromatic heterocycles. The summed E-state index contributed by atoms with van der Waals surface area (Å²) in [6.45, 7) is 4.01. The van der Waals surface area contributed by atoms with Crippen LogP contribution < -0.4 is 0 Å². The van der Waals surface area contributed by atoms with Crippen LogP contribution in [-0.2, 0) is 19.1 Å². The van der Waals surface area contributed by atoms with Crippen LogP contribution in [-0.4, -0.2) is 26.2 Å². The molecule has 0 saturated carbocycles. The molecule has 26 heavy (non-hydrogen) atoms. The fraction of sp³-hybridized carbons (Fsp3) is 0.273. The van der Waals surface area contributed by atoms with Gasteiger partial charge in [0.15, 0.2) is 5.92 Å². The molecule has 0 amide bonds. The second kappa shape index (κ2) is 8.99. The summed E-state index contributed by atoms with van der Waals surface area (Å²) in [7, 11) is 2.54. The van der Waals surface area contributed by atoms with Crippen molar-refractivity contribution in [3.05, 3.63) is 76.9 Å². The van der Waals surface area contributed by atoms with Crippen LogP contribution in [0.5, 0.6) is 0 Å². The molecule has 0 N–H and O–H groups in total. The third-order valence-electron chi connectivity index (χ3n) is 4.30. The van der Waals surface area contributed by atoms with Crippen molar-refractivity contribution in [2.75, 3.05) is 14.2 Å². The van der Waals surface area contributed by atoms with Crippen molar-refractivity contribution in [1.82, 2.24) is 0 Å². The lowest BCUT2D eigenvalue weighted by Gasteiger charge is -2.21. The highest BCUT2D eigenvalue weighted by Crippen LogP contribution is 2.30. The van der Waals surface area contributed by atoms with E-state index in [2.05, 4.69) is 0 Å². The lowest BCUT2D eigenvalue weighted by molar-refractivity contribution is -0.159. The number of rotatable bonds is 6. The molecule has 0 unspecified atom stereocenters. The summed E-state index contributed by atoms with van der Waals surface area (Å²) in [6, 6.07) is 15.7. The minimum absolute atomic E-state index is 0.489. The van der Waals surface area contributed by atoms with Crippen molar-refractivity contribution in [2.24, 2.45) is 5.92 Å². The van der Waals surface area contributed by atoms with Gasteiger partial charge in [0.2, 0.25) is 0 Å². The van der Waals surface area contributed by atoms with E-state index in [9.17, 15) is 9.59 Å². The predicted octanol–water partition coefficient (Wildman–Crippen LogP) is 4.06. The Hall–Kier alpha value is -2.88. The molecule has 0 fully saturated rings. The first kappa shape index (κ1) is 19.4. The normalized spacial score (nSPS) is 12.2. The number of esters is 2. The van der Waals surface area contributed by atoms with E-state index >= 15 is 0 Å². The molecule has 0 aliphatic carbocycles. The molecule has 2 aromatic rings. The molecular weight excluding hydrogens is 328 g/mol. The van der Waals surface area contributed by atoms with E-state index in [4.69, 9.17) is 9.47 Å². The SMILES string of the molecule is COC(=O)C(C(=O)OC)[C@@H](/C=C/c1ccc(C)cc1)c1ccc(C)cc1. The van der Waals surface area contributed by atoms with Gasteiger partial charge in [-0.25, -0.2) is 0 Å². The Bertz CT molecular complexity index is 757. The zero-order valence-corrected chi connectivity index (χ0v) is 15.6. The summed E-state index contributed by atoms with van der Waals surface area (Å²) in [5.41, 5.74) is 4.10. The number of ether oxygens (including phenoxy) is 2. The summed E-state index contributed by atoms with van der Waals surface area (Å²) < 4.78 is 9.71. The monoisotopic (exact) mass is 352 g/mol. The average molecular weight is 352 g/mol. The number of methoxy groups -OCH3 is 2. The molecule has 0 aliphatic rings. The maximum Gasteiger partial charge on any atom is 0.321 e. The van der Waals surface area contributed by atoms with Crippen LogP contribution in [0.2, 0.25) is 0 Å². The summed E-state index contributed by atoms with van der Waals surface area (Å²) in [4.78, 5) is 24.6. The number of carbonyl (C=O) groups is 2. The number of hydrogen-bond donors (Lipinski definition) is 0. The van der Waals surface area contributed by atoms with Gasteiger partial charge >= 0.3 is 11.9 Å². The van der Waals surface area contributed by atoms with Gasteiger partial charge in [0.05, 0.1) is 14.2 Å². The Labute approximate surface area is 154 Å². The van der Waals surface area contributed by atoms with Crippen LogP contribution in [0.3, 0.4) is 0 Å². The summed E-state index contributed by atoms with van der Waals surface area (Å²) in [5.74, 6) is -2.78. The van der Waals surface area contributed by atoms with Crippen molar-refractivity contribution in [1.29, 1.82) is 0 Å². The standard InChI is InChI=1S/C22H24O4/c1-15-5-9-17(10-6-15)11-14-19(18-12-7-16(2)8-13-18)20(21(23)25-3)22(24)26-4/h5-14,19-20H,1-4H3/b14-11+/t19-/m0/s1.